The van der Waals surface area contributed by atoms with Crippen molar-refractivity contribution in [2.45, 2.75) is 27.3 Å². The van der Waals surface area contributed by atoms with Gasteiger partial charge in [0.25, 0.3) is 0 Å². The Morgan fingerprint density at radius 3 is 2.47 bits per heavy atom. The Morgan fingerprint density at radius 1 is 1.35 bits per heavy atom. The van der Waals surface area contributed by atoms with Gasteiger partial charge in [0, 0.05) is 5.92 Å². The SMILES string of the molecule is Cc1ccc(CNC(=O)C(C)C(C)C(=O)O)o1. The number of rotatable bonds is 5. The number of amides is 1. The van der Waals surface area contributed by atoms with Gasteiger partial charge in [-0.3, -0.25) is 9.59 Å². The first kappa shape index (κ1) is 13.3. The third-order valence-corrected chi connectivity index (χ3v) is 2.79. The molecule has 1 rings (SSSR count). The van der Waals surface area contributed by atoms with Crippen LogP contribution in [0, 0.1) is 18.8 Å². The molecule has 1 amide bonds. The zero-order chi connectivity index (χ0) is 13.0. The van der Waals surface area contributed by atoms with Crippen molar-refractivity contribution >= 4 is 11.9 Å². The van der Waals surface area contributed by atoms with Crippen LogP contribution < -0.4 is 5.32 Å². The quantitative estimate of drug-likeness (QED) is 0.817. The highest BCUT2D eigenvalue weighted by molar-refractivity contribution is 5.84. The molecule has 0 bridgehead atoms. The van der Waals surface area contributed by atoms with E-state index in [0.717, 1.165) is 5.76 Å². The van der Waals surface area contributed by atoms with E-state index in [9.17, 15) is 9.59 Å². The Bertz CT molecular complexity index is 410. The van der Waals surface area contributed by atoms with Crippen LogP contribution in [0.4, 0.5) is 0 Å². The third-order valence-electron chi connectivity index (χ3n) is 2.79. The van der Waals surface area contributed by atoms with Gasteiger partial charge >= 0.3 is 5.97 Å². The van der Waals surface area contributed by atoms with Crippen molar-refractivity contribution in [1.29, 1.82) is 0 Å². The number of carboxylic acid groups (broad SMARTS) is 1. The highest BCUT2D eigenvalue weighted by Crippen LogP contribution is 2.12. The van der Waals surface area contributed by atoms with Gasteiger partial charge in [-0.25, -0.2) is 0 Å². The Kier molecular flexibility index (Phi) is 4.31. The molecule has 1 aromatic rings. The molecule has 0 aliphatic heterocycles. The van der Waals surface area contributed by atoms with Crippen LogP contribution in [0.15, 0.2) is 16.5 Å². The molecule has 0 aliphatic rings. The Labute approximate surface area is 99.8 Å². The second kappa shape index (κ2) is 5.52. The first-order chi connectivity index (χ1) is 7.91. The second-order valence-corrected chi connectivity index (χ2v) is 4.15. The van der Waals surface area contributed by atoms with Crippen LogP contribution in [0.25, 0.3) is 0 Å². The molecule has 0 spiro atoms. The minimum Gasteiger partial charge on any atom is -0.481 e. The summed E-state index contributed by atoms with van der Waals surface area (Å²) in [6.07, 6.45) is 0. The van der Waals surface area contributed by atoms with Gasteiger partial charge in [0.2, 0.25) is 5.91 Å². The number of hydrogen-bond acceptors (Lipinski definition) is 3. The lowest BCUT2D eigenvalue weighted by molar-refractivity contribution is -0.146. The summed E-state index contributed by atoms with van der Waals surface area (Å²) in [7, 11) is 0. The Hall–Kier alpha value is -1.78. The van der Waals surface area contributed by atoms with Gasteiger partial charge in [-0.2, -0.15) is 0 Å². The summed E-state index contributed by atoms with van der Waals surface area (Å²) >= 11 is 0. The van der Waals surface area contributed by atoms with Crippen molar-refractivity contribution in [2.24, 2.45) is 11.8 Å². The number of carboxylic acids is 1. The molecule has 0 radical (unpaired) electrons. The molecule has 1 heterocycles. The maximum Gasteiger partial charge on any atom is 0.307 e. The molecule has 5 heteroatoms. The zero-order valence-corrected chi connectivity index (χ0v) is 10.2. The maximum absolute atomic E-state index is 11.7. The van der Waals surface area contributed by atoms with Crippen molar-refractivity contribution < 1.29 is 19.1 Å². The molecule has 0 fully saturated rings. The minimum absolute atomic E-state index is 0.281. The molecule has 1 aromatic heterocycles. The van der Waals surface area contributed by atoms with Gasteiger partial charge in [0.1, 0.15) is 11.5 Å². The molecule has 2 unspecified atom stereocenters. The van der Waals surface area contributed by atoms with E-state index in [-0.39, 0.29) is 12.5 Å². The van der Waals surface area contributed by atoms with E-state index < -0.39 is 17.8 Å². The maximum atomic E-state index is 11.7. The molecule has 17 heavy (non-hydrogen) atoms. The smallest absolute Gasteiger partial charge is 0.307 e. The summed E-state index contributed by atoms with van der Waals surface area (Å²) in [6, 6.07) is 3.59. The van der Waals surface area contributed by atoms with Crippen LogP contribution in [0.3, 0.4) is 0 Å². The van der Waals surface area contributed by atoms with E-state index in [1.165, 1.54) is 6.92 Å². The van der Waals surface area contributed by atoms with Crippen molar-refractivity contribution in [3.05, 3.63) is 23.7 Å². The molecule has 5 nitrogen and oxygen atoms in total. The number of aryl methyl sites for hydroxylation is 1. The van der Waals surface area contributed by atoms with Gasteiger partial charge < -0.3 is 14.8 Å². The number of carbonyl (C=O) groups is 2. The molecule has 0 aliphatic carbocycles. The molecule has 2 atom stereocenters. The fourth-order valence-electron chi connectivity index (χ4n) is 1.36. The molecule has 94 valence electrons. The van der Waals surface area contributed by atoms with Crippen LogP contribution in [-0.2, 0) is 16.1 Å². The Balaban J connectivity index is 2.47. The lowest BCUT2D eigenvalue weighted by Gasteiger charge is -2.15. The van der Waals surface area contributed by atoms with Crippen LogP contribution in [0.2, 0.25) is 0 Å². The van der Waals surface area contributed by atoms with Crippen molar-refractivity contribution in [1.82, 2.24) is 5.32 Å². The lowest BCUT2D eigenvalue weighted by atomic mass is 9.95. The van der Waals surface area contributed by atoms with E-state index in [0.29, 0.717) is 5.76 Å². The highest BCUT2D eigenvalue weighted by Gasteiger charge is 2.25. The minimum atomic E-state index is -0.971. The molecule has 0 saturated heterocycles. The average molecular weight is 239 g/mol. The van der Waals surface area contributed by atoms with Crippen LogP contribution >= 0.6 is 0 Å². The first-order valence-electron chi connectivity index (χ1n) is 5.47. The van der Waals surface area contributed by atoms with E-state index >= 15 is 0 Å². The van der Waals surface area contributed by atoms with Gasteiger partial charge in [-0.05, 0) is 19.1 Å². The van der Waals surface area contributed by atoms with Crippen molar-refractivity contribution in [3.8, 4) is 0 Å². The monoisotopic (exact) mass is 239 g/mol. The molecule has 2 N–H and O–H groups in total. The van der Waals surface area contributed by atoms with Gasteiger partial charge in [-0.15, -0.1) is 0 Å². The molecule has 0 saturated carbocycles. The zero-order valence-electron chi connectivity index (χ0n) is 10.2. The van der Waals surface area contributed by atoms with E-state index in [4.69, 9.17) is 9.52 Å². The average Bonchev–Trinajstić information content (AvgIpc) is 2.69. The van der Waals surface area contributed by atoms with Crippen LogP contribution in [0.5, 0.6) is 0 Å². The van der Waals surface area contributed by atoms with E-state index in [1.54, 1.807) is 13.0 Å². The number of aliphatic carboxylic acids is 1. The summed E-state index contributed by atoms with van der Waals surface area (Å²) in [5, 5.41) is 11.4. The topological polar surface area (TPSA) is 79.5 Å². The molecule has 0 aromatic carbocycles. The largest absolute Gasteiger partial charge is 0.481 e. The second-order valence-electron chi connectivity index (χ2n) is 4.15. The number of hydrogen-bond donors (Lipinski definition) is 2. The number of furan rings is 1. The van der Waals surface area contributed by atoms with E-state index in [2.05, 4.69) is 5.32 Å². The van der Waals surface area contributed by atoms with Gasteiger partial charge in [0.05, 0.1) is 12.5 Å². The van der Waals surface area contributed by atoms with Gasteiger partial charge in [0.15, 0.2) is 0 Å². The normalized spacial score (nSPS) is 14.1. The summed E-state index contributed by atoms with van der Waals surface area (Å²) in [5.41, 5.74) is 0. The number of nitrogens with one attached hydrogen (secondary N) is 1. The first-order valence-corrected chi connectivity index (χ1v) is 5.47. The summed E-state index contributed by atoms with van der Waals surface area (Å²) in [6.45, 7) is 5.22. The standard InChI is InChI=1S/C12H17NO4/c1-7-4-5-10(17-7)6-13-11(14)8(2)9(3)12(15)16/h4-5,8-9H,6H2,1-3H3,(H,13,14)(H,15,16). The lowest BCUT2D eigenvalue weighted by Crippen LogP contribution is -2.34. The molecular formula is C12H17NO4. The van der Waals surface area contributed by atoms with Crippen LogP contribution in [-0.4, -0.2) is 17.0 Å². The Morgan fingerprint density at radius 2 is 2.00 bits per heavy atom. The predicted octanol–water partition coefficient (Wildman–Crippen LogP) is 1.56. The molecular weight excluding hydrogens is 222 g/mol. The fourth-order valence-corrected chi connectivity index (χ4v) is 1.36. The van der Waals surface area contributed by atoms with Crippen molar-refractivity contribution in [3.63, 3.8) is 0 Å². The summed E-state index contributed by atoms with van der Waals surface area (Å²) < 4.78 is 5.29. The predicted molar refractivity (Wildman–Crippen MR) is 61.3 cm³/mol. The summed E-state index contributed by atoms with van der Waals surface area (Å²) in [4.78, 5) is 22.4. The van der Waals surface area contributed by atoms with E-state index in [1.807, 2.05) is 13.0 Å². The number of carbonyl (C=O) groups excluding carboxylic acids is 1. The van der Waals surface area contributed by atoms with Gasteiger partial charge in [-0.1, -0.05) is 13.8 Å². The summed E-state index contributed by atoms with van der Waals surface area (Å²) in [5.74, 6) is -1.08. The fraction of sp³-hybridized carbons (Fsp3) is 0.500. The van der Waals surface area contributed by atoms with Crippen LogP contribution in [0.1, 0.15) is 25.4 Å². The third kappa shape index (κ3) is 3.62. The van der Waals surface area contributed by atoms with Crippen molar-refractivity contribution in [2.75, 3.05) is 0 Å². The highest BCUT2D eigenvalue weighted by atomic mass is 16.4.